The molecule has 0 saturated carbocycles. The number of rotatable bonds is 4. The fourth-order valence-corrected chi connectivity index (χ4v) is 2.08. The lowest BCUT2D eigenvalue weighted by Crippen LogP contribution is -2.15. The van der Waals surface area contributed by atoms with Crippen molar-refractivity contribution in [1.29, 1.82) is 0 Å². The number of hydrogen-bond donors (Lipinski definition) is 3. The van der Waals surface area contributed by atoms with Gasteiger partial charge >= 0.3 is 0 Å². The van der Waals surface area contributed by atoms with Crippen molar-refractivity contribution in [3.63, 3.8) is 0 Å². The second-order valence-corrected chi connectivity index (χ2v) is 4.83. The summed E-state index contributed by atoms with van der Waals surface area (Å²) in [6, 6.07) is 14.1. The lowest BCUT2D eigenvalue weighted by molar-refractivity contribution is 0.415. The van der Waals surface area contributed by atoms with Crippen LogP contribution >= 0.6 is 0 Å². The molecule has 0 bridgehead atoms. The zero-order chi connectivity index (χ0) is 16.2. The van der Waals surface area contributed by atoms with Gasteiger partial charge in [-0.25, -0.2) is 0 Å². The SMILES string of the molecule is COc1ccc(-c2nnc(Nc3cccc(N)c3)[nH]c2=O)cc1. The van der Waals surface area contributed by atoms with E-state index in [2.05, 4.69) is 20.5 Å². The third-order valence-corrected chi connectivity index (χ3v) is 3.21. The maximum atomic E-state index is 12.2. The largest absolute Gasteiger partial charge is 0.497 e. The molecule has 0 amide bonds. The summed E-state index contributed by atoms with van der Waals surface area (Å²) in [6.07, 6.45) is 0. The number of hydrogen-bond acceptors (Lipinski definition) is 6. The summed E-state index contributed by atoms with van der Waals surface area (Å²) < 4.78 is 5.09. The highest BCUT2D eigenvalue weighted by molar-refractivity contribution is 5.61. The second-order valence-electron chi connectivity index (χ2n) is 4.83. The molecule has 0 atom stereocenters. The van der Waals surface area contributed by atoms with Gasteiger partial charge in [0.25, 0.3) is 5.56 Å². The van der Waals surface area contributed by atoms with E-state index in [1.165, 1.54) is 0 Å². The van der Waals surface area contributed by atoms with Gasteiger partial charge in [0.15, 0.2) is 5.69 Å². The number of nitrogens with zero attached hydrogens (tertiary/aromatic N) is 2. The van der Waals surface area contributed by atoms with Gasteiger partial charge in [0, 0.05) is 16.9 Å². The van der Waals surface area contributed by atoms with Crippen molar-refractivity contribution in [3.05, 3.63) is 58.9 Å². The van der Waals surface area contributed by atoms with E-state index in [-0.39, 0.29) is 17.2 Å². The molecule has 0 aliphatic rings. The number of methoxy groups -OCH3 is 1. The van der Waals surface area contributed by atoms with Crippen LogP contribution in [0.1, 0.15) is 0 Å². The average Bonchev–Trinajstić information content (AvgIpc) is 2.55. The summed E-state index contributed by atoms with van der Waals surface area (Å²) in [7, 11) is 1.58. The predicted molar refractivity (Wildman–Crippen MR) is 88.8 cm³/mol. The molecule has 3 rings (SSSR count). The molecule has 3 aromatic rings. The Hall–Kier alpha value is -3.35. The van der Waals surface area contributed by atoms with Crippen molar-refractivity contribution >= 4 is 17.3 Å². The Morgan fingerprint density at radius 3 is 2.57 bits per heavy atom. The van der Waals surface area contributed by atoms with Crippen LogP contribution in [0.25, 0.3) is 11.3 Å². The fourth-order valence-electron chi connectivity index (χ4n) is 2.08. The van der Waals surface area contributed by atoms with Crippen LogP contribution in [0.15, 0.2) is 53.3 Å². The monoisotopic (exact) mass is 309 g/mol. The molecule has 116 valence electrons. The molecule has 0 radical (unpaired) electrons. The molecule has 7 nitrogen and oxygen atoms in total. The lowest BCUT2D eigenvalue weighted by atomic mass is 10.1. The zero-order valence-corrected chi connectivity index (χ0v) is 12.4. The van der Waals surface area contributed by atoms with E-state index in [0.717, 1.165) is 0 Å². The Bertz CT molecular complexity index is 874. The van der Waals surface area contributed by atoms with Crippen molar-refractivity contribution in [2.45, 2.75) is 0 Å². The van der Waals surface area contributed by atoms with Gasteiger partial charge in [-0.15, -0.1) is 10.2 Å². The molecule has 0 aliphatic heterocycles. The topological polar surface area (TPSA) is 106 Å². The molecule has 0 unspecified atom stereocenters. The predicted octanol–water partition coefficient (Wildman–Crippen LogP) is 2.17. The first kappa shape index (κ1) is 14.6. The van der Waals surface area contributed by atoms with Gasteiger partial charge in [0.2, 0.25) is 5.95 Å². The molecule has 0 saturated heterocycles. The maximum absolute atomic E-state index is 12.2. The first-order chi connectivity index (χ1) is 11.2. The van der Waals surface area contributed by atoms with E-state index in [0.29, 0.717) is 22.7 Å². The molecular weight excluding hydrogens is 294 g/mol. The van der Waals surface area contributed by atoms with E-state index in [9.17, 15) is 4.79 Å². The van der Waals surface area contributed by atoms with Crippen LogP contribution < -0.4 is 21.3 Å². The van der Waals surface area contributed by atoms with E-state index in [1.807, 2.05) is 6.07 Å². The Kier molecular flexibility index (Phi) is 3.92. The number of benzene rings is 2. The lowest BCUT2D eigenvalue weighted by Gasteiger charge is -2.06. The van der Waals surface area contributed by atoms with Gasteiger partial charge < -0.3 is 15.8 Å². The van der Waals surface area contributed by atoms with Crippen molar-refractivity contribution in [1.82, 2.24) is 15.2 Å². The molecule has 2 aromatic carbocycles. The number of nitrogens with one attached hydrogen (secondary N) is 2. The number of ether oxygens (including phenoxy) is 1. The van der Waals surface area contributed by atoms with Gasteiger partial charge in [-0.3, -0.25) is 9.78 Å². The Morgan fingerprint density at radius 2 is 1.91 bits per heavy atom. The highest BCUT2D eigenvalue weighted by Gasteiger charge is 2.08. The number of aromatic nitrogens is 3. The van der Waals surface area contributed by atoms with E-state index in [4.69, 9.17) is 10.5 Å². The van der Waals surface area contributed by atoms with Gasteiger partial charge in [-0.2, -0.15) is 0 Å². The minimum Gasteiger partial charge on any atom is -0.497 e. The van der Waals surface area contributed by atoms with Crippen LogP contribution in [0.4, 0.5) is 17.3 Å². The van der Waals surface area contributed by atoms with Crippen molar-refractivity contribution < 1.29 is 4.74 Å². The highest BCUT2D eigenvalue weighted by atomic mass is 16.5. The Morgan fingerprint density at radius 1 is 1.13 bits per heavy atom. The third kappa shape index (κ3) is 3.29. The summed E-state index contributed by atoms with van der Waals surface area (Å²) >= 11 is 0. The maximum Gasteiger partial charge on any atom is 0.279 e. The molecular formula is C16H15N5O2. The molecule has 23 heavy (non-hydrogen) atoms. The summed E-state index contributed by atoms with van der Waals surface area (Å²) in [6.45, 7) is 0. The zero-order valence-electron chi connectivity index (χ0n) is 12.4. The van der Waals surface area contributed by atoms with Crippen molar-refractivity contribution in [3.8, 4) is 17.0 Å². The molecule has 1 heterocycles. The average molecular weight is 309 g/mol. The van der Waals surface area contributed by atoms with Gasteiger partial charge in [-0.05, 0) is 42.5 Å². The quantitative estimate of drug-likeness (QED) is 0.638. The number of nitrogens with two attached hydrogens (primary N) is 1. The summed E-state index contributed by atoms with van der Waals surface area (Å²) in [5.74, 6) is 0.955. The molecule has 1 aromatic heterocycles. The molecule has 4 N–H and O–H groups in total. The number of aromatic amines is 1. The minimum absolute atomic E-state index is 0.241. The van der Waals surface area contributed by atoms with Crippen LogP contribution in [0.2, 0.25) is 0 Å². The normalized spacial score (nSPS) is 10.3. The van der Waals surface area contributed by atoms with E-state index >= 15 is 0 Å². The summed E-state index contributed by atoms with van der Waals surface area (Å²) in [4.78, 5) is 14.9. The van der Waals surface area contributed by atoms with Crippen molar-refractivity contribution in [2.24, 2.45) is 0 Å². The van der Waals surface area contributed by atoms with Crippen LogP contribution in [0.5, 0.6) is 5.75 Å². The first-order valence-electron chi connectivity index (χ1n) is 6.90. The number of H-pyrrole nitrogens is 1. The molecule has 0 fully saturated rings. The Labute approximate surface area is 132 Å². The fraction of sp³-hybridized carbons (Fsp3) is 0.0625. The molecule has 7 heteroatoms. The molecule has 0 aliphatic carbocycles. The van der Waals surface area contributed by atoms with Crippen LogP contribution in [-0.4, -0.2) is 22.3 Å². The Balaban J connectivity index is 1.86. The standard InChI is InChI=1S/C16H15N5O2/c1-23-13-7-5-10(6-8-13)14-15(22)19-16(21-20-14)18-12-4-2-3-11(17)9-12/h2-9H,17H2,1H3,(H2,18,19,21,22). The van der Waals surface area contributed by atoms with E-state index in [1.54, 1.807) is 49.6 Å². The van der Waals surface area contributed by atoms with Crippen LogP contribution in [-0.2, 0) is 0 Å². The summed E-state index contributed by atoms with van der Waals surface area (Å²) in [5, 5.41) is 10.9. The minimum atomic E-state index is -0.337. The molecule has 0 spiro atoms. The van der Waals surface area contributed by atoms with Crippen molar-refractivity contribution in [2.75, 3.05) is 18.2 Å². The third-order valence-electron chi connectivity index (χ3n) is 3.21. The second kappa shape index (κ2) is 6.18. The van der Waals surface area contributed by atoms with Gasteiger partial charge in [0.05, 0.1) is 7.11 Å². The van der Waals surface area contributed by atoms with Crippen LogP contribution in [0.3, 0.4) is 0 Å². The number of anilines is 3. The summed E-state index contributed by atoms with van der Waals surface area (Å²) in [5.41, 5.74) is 7.60. The number of nitrogen functional groups attached to an aromatic ring is 1. The van der Waals surface area contributed by atoms with Crippen LogP contribution in [0, 0.1) is 0 Å². The first-order valence-corrected chi connectivity index (χ1v) is 6.90. The highest BCUT2D eigenvalue weighted by Crippen LogP contribution is 2.18. The van der Waals surface area contributed by atoms with Gasteiger partial charge in [-0.1, -0.05) is 6.07 Å². The van der Waals surface area contributed by atoms with E-state index < -0.39 is 0 Å². The van der Waals surface area contributed by atoms with Gasteiger partial charge in [0.1, 0.15) is 5.75 Å². The smallest absolute Gasteiger partial charge is 0.279 e.